The van der Waals surface area contributed by atoms with E-state index in [2.05, 4.69) is 15.3 Å². The molecule has 2 aromatic heterocycles. The number of pyridine rings is 1. The molecule has 0 fully saturated rings. The van der Waals surface area contributed by atoms with Crippen molar-refractivity contribution >= 4 is 34.6 Å². The molecular weight excluding hydrogens is 242 g/mol. The third-order valence-electron chi connectivity index (χ3n) is 1.90. The summed E-state index contributed by atoms with van der Waals surface area (Å²) in [6.07, 6.45) is 1.69. The smallest absolute Gasteiger partial charge is 0.260 e. The summed E-state index contributed by atoms with van der Waals surface area (Å²) in [5.74, 6) is -0.240. The molecule has 0 bridgehead atoms. The third-order valence-corrected chi connectivity index (χ3v) is 3.12. The SMILES string of the molecule is Cc1csc(NC(=O)c2ccc[nH]c2=S)n1. The van der Waals surface area contributed by atoms with Gasteiger partial charge in [-0.25, -0.2) is 4.98 Å². The van der Waals surface area contributed by atoms with Crippen LogP contribution in [0.15, 0.2) is 23.7 Å². The number of H-pyrrole nitrogens is 1. The molecule has 6 heteroatoms. The number of rotatable bonds is 2. The second kappa shape index (κ2) is 4.54. The van der Waals surface area contributed by atoms with Gasteiger partial charge in [-0.1, -0.05) is 12.2 Å². The lowest BCUT2D eigenvalue weighted by Crippen LogP contribution is -2.12. The van der Waals surface area contributed by atoms with Gasteiger partial charge in [-0.2, -0.15) is 0 Å². The Kier molecular flexibility index (Phi) is 3.12. The van der Waals surface area contributed by atoms with Crippen molar-refractivity contribution in [3.63, 3.8) is 0 Å². The van der Waals surface area contributed by atoms with Crippen molar-refractivity contribution in [2.75, 3.05) is 5.32 Å². The summed E-state index contributed by atoms with van der Waals surface area (Å²) in [7, 11) is 0. The molecular formula is C10H9N3OS2. The molecule has 0 aromatic carbocycles. The van der Waals surface area contributed by atoms with E-state index in [1.165, 1.54) is 11.3 Å². The van der Waals surface area contributed by atoms with Crippen molar-refractivity contribution in [1.82, 2.24) is 9.97 Å². The summed E-state index contributed by atoms with van der Waals surface area (Å²) in [6.45, 7) is 1.88. The number of aromatic amines is 1. The average molecular weight is 251 g/mol. The molecule has 0 radical (unpaired) electrons. The number of hydrogen-bond acceptors (Lipinski definition) is 4. The van der Waals surface area contributed by atoms with Crippen LogP contribution in [0.25, 0.3) is 0 Å². The predicted octanol–water partition coefficient (Wildman–Crippen LogP) is 2.76. The van der Waals surface area contributed by atoms with Gasteiger partial charge in [-0.05, 0) is 19.1 Å². The van der Waals surface area contributed by atoms with Crippen LogP contribution in [0.5, 0.6) is 0 Å². The van der Waals surface area contributed by atoms with Gasteiger partial charge in [-0.15, -0.1) is 11.3 Å². The minimum Gasteiger partial charge on any atom is -0.352 e. The Balaban J connectivity index is 2.21. The Labute approximate surface area is 101 Å². The van der Waals surface area contributed by atoms with Crippen LogP contribution in [-0.2, 0) is 0 Å². The zero-order chi connectivity index (χ0) is 11.5. The predicted molar refractivity (Wildman–Crippen MR) is 66.4 cm³/mol. The second-order valence-corrected chi connectivity index (χ2v) is 4.43. The van der Waals surface area contributed by atoms with Crippen LogP contribution in [0, 0.1) is 11.6 Å². The van der Waals surface area contributed by atoms with Crippen LogP contribution in [0.3, 0.4) is 0 Å². The average Bonchev–Trinajstić information content (AvgIpc) is 2.64. The topological polar surface area (TPSA) is 57.8 Å². The quantitative estimate of drug-likeness (QED) is 0.807. The second-order valence-electron chi connectivity index (χ2n) is 3.16. The molecule has 0 atom stereocenters. The van der Waals surface area contributed by atoms with Gasteiger partial charge in [-0.3, -0.25) is 10.1 Å². The highest BCUT2D eigenvalue weighted by molar-refractivity contribution is 7.71. The standard InChI is InChI=1S/C10H9N3OS2/c1-6-5-16-10(12-6)13-8(14)7-3-2-4-11-9(7)15/h2-5H,1H3,(H,11,15)(H,12,13,14). The van der Waals surface area contributed by atoms with E-state index in [0.717, 1.165) is 5.69 Å². The largest absolute Gasteiger partial charge is 0.352 e. The van der Waals surface area contributed by atoms with Gasteiger partial charge in [0.2, 0.25) is 0 Å². The fraction of sp³-hybridized carbons (Fsp3) is 0.100. The van der Waals surface area contributed by atoms with E-state index in [1.807, 2.05) is 12.3 Å². The zero-order valence-electron chi connectivity index (χ0n) is 8.48. The molecule has 4 nitrogen and oxygen atoms in total. The number of carbonyl (C=O) groups is 1. The Morgan fingerprint density at radius 2 is 2.44 bits per heavy atom. The van der Waals surface area contributed by atoms with E-state index in [9.17, 15) is 4.79 Å². The lowest BCUT2D eigenvalue weighted by Gasteiger charge is -2.00. The van der Waals surface area contributed by atoms with E-state index in [0.29, 0.717) is 15.3 Å². The third kappa shape index (κ3) is 2.34. The van der Waals surface area contributed by atoms with Gasteiger partial charge in [0.1, 0.15) is 4.64 Å². The summed E-state index contributed by atoms with van der Waals surface area (Å²) in [4.78, 5) is 18.8. The summed E-state index contributed by atoms with van der Waals surface area (Å²) >= 11 is 6.41. The minimum atomic E-state index is -0.240. The maximum absolute atomic E-state index is 11.8. The molecule has 0 unspecified atom stereocenters. The summed E-state index contributed by atoms with van der Waals surface area (Å²) < 4.78 is 0.424. The van der Waals surface area contributed by atoms with Crippen LogP contribution >= 0.6 is 23.6 Å². The van der Waals surface area contributed by atoms with Crippen LogP contribution in [0.2, 0.25) is 0 Å². The molecule has 2 N–H and O–H groups in total. The Morgan fingerprint density at radius 1 is 1.62 bits per heavy atom. The molecule has 0 spiro atoms. The fourth-order valence-corrected chi connectivity index (χ4v) is 2.09. The Morgan fingerprint density at radius 3 is 3.06 bits per heavy atom. The van der Waals surface area contributed by atoms with Crippen molar-refractivity contribution in [2.24, 2.45) is 0 Å². The minimum absolute atomic E-state index is 0.240. The number of aryl methyl sites for hydroxylation is 1. The molecule has 82 valence electrons. The maximum atomic E-state index is 11.8. The van der Waals surface area contributed by atoms with E-state index in [1.54, 1.807) is 18.3 Å². The van der Waals surface area contributed by atoms with Crippen LogP contribution < -0.4 is 5.32 Å². The molecule has 0 aliphatic rings. The molecule has 2 aromatic rings. The number of thiazole rings is 1. The first kappa shape index (κ1) is 11.0. The van der Waals surface area contributed by atoms with Crippen LogP contribution in [0.4, 0.5) is 5.13 Å². The highest BCUT2D eigenvalue weighted by Gasteiger charge is 2.09. The first-order chi connectivity index (χ1) is 7.66. The van der Waals surface area contributed by atoms with Crippen molar-refractivity contribution in [3.8, 4) is 0 Å². The molecule has 0 saturated carbocycles. The van der Waals surface area contributed by atoms with Gasteiger partial charge in [0.25, 0.3) is 5.91 Å². The normalized spacial score (nSPS) is 10.1. The summed E-state index contributed by atoms with van der Waals surface area (Å²) in [6, 6.07) is 3.41. The molecule has 1 amide bonds. The van der Waals surface area contributed by atoms with Crippen LogP contribution in [0.1, 0.15) is 16.1 Å². The van der Waals surface area contributed by atoms with Gasteiger partial charge in [0.15, 0.2) is 5.13 Å². The molecule has 2 heterocycles. The van der Waals surface area contributed by atoms with Gasteiger partial charge >= 0.3 is 0 Å². The molecule has 0 aliphatic heterocycles. The van der Waals surface area contributed by atoms with Crippen molar-refractivity contribution in [1.29, 1.82) is 0 Å². The highest BCUT2D eigenvalue weighted by Crippen LogP contribution is 2.15. The Hall–Kier alpha value is -1.53. The van der Waals surface area contributed by atoms with E-state index >= 15 is 0 Å². The first-order valence-electron chi connectivity index (χ1n) is 4.58. The maximum Gasteiger partial charge on any atom is 0.260 e. The lowest BCUT2D eigenvalue weighted by atomic mass is 10.3. The van der Waals surface area contributed by atoms with E-state index in [4.69, 9.17) is 12.2 Å². The highest BCUT2D eigenvalue weighted by atomic mass is 32.1. The first-order valence-corrected chi connectivity index (χ1v) is 5.87. The molecule has 0 saturated heterocycles. The van der Waals surface area contributed by atoms with Crippen molar-refractivity contribution < 1.29 is 4.79 Å². The molecule has 2 rings (SSSR count). The Bertz CT molecular complexity index is 573. The van der Waals surface area contributed by atoms with Gasteiger partial charge in [0.05, 0.1) is 11.3 Å². The monoisotopic (exact) mass is 251 g/mol. The number of aromatic nitrogens is 2. The van der Waals surface area contributed by atoms with Gasteiger partial charge in [0, 0.05) is 11.6 Å². The molecule has 16 heavy (non-hydrogen) atoms. The van der Waals surface area contributed by atoms with Crippen molar-refractivity contribution in [2.45, 2.75) is 6.92 Å². The van der Waals surface area contributed by atoms with E-state index in [-0.39, 0.29) is 5.91 Å². The van der Waals surface area contributed by atoms with Crippen molar-refractivity contribution in [3.05, 3.63) is 39.6 Å². The lowest BCUT2D eigenvalue weighted by molar-refractivity contribution is 0.102. The molecule has 0 aliphatic carbocycles. The number of carbonyl (C=O) groups excluding carboxylic acids is 1. The van der Waals surface area contributed by atoms with E-state index < -0.39 is 0 Å². The van der Waals surface area contributed by atoms with Gasteiger partial charge < -0.3 is 4.98 Å². The number of amides is 1. The zero-order valence-corrected chi connectivity index (χ0v) is 10.1. The number of anilines is 1. The van der Waals surface area contributed by atoms with Crippen LogP contribution in [-0.4, -0.2) is 15.9 Å². The summed E-state index contributed by atoms with van der Waals surface area (Å²) in [5.41, 5.74) is 1.34. The number of hydrogen-bond donors (Lipinski definition) is 2. The number of nitrogens with zero attached hydrogens (tertiary/aromatic N) is 1. The fourth-order valence-electron chi connectivity index (χ4n) is 1.18. The number of nitrogens with one attached hydrogen (secondary N) is 2. The summed E-state index contributed by atoms with van der Waals surface area (Å²) in [5, 5.41) is 5.16.